The van der Waals surface area contributed by atoms with Gasteiger partial charge in [0, 0.05) is 24.8 Å². The molecule has 0 aromatic carbocycles. The lowest BCUT2D eigenvalue weighted by atomic mass is 9.84. The van der Waals surface area contributed by atoms with E-state index in [4.69, 9.17) is 0 Å². The van der Waals surface area contributed by atoms with Crippen LogP contribution in [0.15, 0.2) is 10.9 Å². The Morgan fingerprint density at radius 1 is 1.09 bits per heavy atom. The average molecular weight is 462 g/mol. The van der Waals surface area contributed by atoms with Gasteiger partial charge in [0.1, 0.15) is 5.56 Å². The van der Waals surface area contributed by atoms with Crippen molar-refractivity contribution < 1.29 is 24.2 Å². The monoisotopic (exact) mass is 461 g/mol. The number of aromatic nitrogens is 1. The van der Waals surface area contributed by atoms with Gasteiger partial charge in [-0.3, -0.25) is 14.4 Å². The Labute approximate surface area is 193 Å². The van der Waals surface area contributed by atoms with Crippen molar-refractivity contribution in [2.45, 2.75) is 83.2 Å². The van der Waals surface area contributed by atoms with E-state index in [-0.39, 0.29) is 11.1 Å². The average Bonchev–Trinajstić information content (AvgIpc) is 2.78. The number of ether oxygens (including phenoxy) is 1. The fraction of sp³-hybridized carbons (Fsp3) is 0.667. The standard InChI is InChI=1S/C24H35N3O6/c1-33-24(32)25-13-8-14-27-20-12-5-3-2-4-9-16(20)15-18(22(27)29)21(28)26-19-11-7-6-10-17(19)23(30)31/h15,17,19H,2-14H2,1H3,(H,25,32)(H,26,28)(H,30,31). The van der Waals surface area contributed by atoms with Crippen molar-refractivity contribution in [3.05, 3.63) is 33.2 Å². The van der Waals surface area contributed by atoms with E-state index >= 15 is 0 Å². The van der Waals surface area contributed by atoms with Crippen LogP contribution in [0.2, 0.25) is 0 Å². The first-order valence-electron chi connectivity index (χ1n) is 12.0. The summed E-state index contributed by atoms with van der Waals surface area (Å²) in [5, 5.41) is 15.0. The number of carbonyl (C=O) groups is 3. The molecule has 9 nitrogen and oxygen atoms in total. The normalized spacial score (nSPS) is 20.6. The minimum absolute atomic E-state index is 0.0740. The number of aliphatic carboxylic acids is 1. The molecule has 1 aromatic heterocycles. The topological polar surface area (TPSA) is 127 Å². The number of pyridine rings is 1. The molecule has 0 radical (unpaired) electrons. The van der Waals surface area contributed by atoms with E-state index in [2.05, 4.69) is 15.4 Å². The second kappa shape index (κ2) is 11.9. The lowest BCUT2D eigenvalue weighted by molar-refractivity contribution is -0.143. The molecule has 0 bridgehead atoms. The molecular weight excluding hydrogens is 426 g/mol. The third-order valence-electron chi connectivity index (χ3n) is 6.76. The maximum Gasteiger partial charge on any atom is 0.406 e. The van der Waals surface area contributed by atoms with Gasteiger partial charge in [-0.2, -0.15) is 0 Å². The van der Waals surface area contributed by atoms with Crippen LogP contribution in [0.4, 0.5) is 4.79 Å². The van der Waals surface area contributed by atoms with E-state index < -0.39 is 29.9 Å². The van der Waals surface area contributed by atoms with Gasteiger partial charge in [0.2, 0.25) is 0 Å². The van der Waals surface area contributed by atoms with Gasteiger partial charge in [-0.15, -0.1) is 0 Å². The second-order valence-electron chi connectivity index (χ2n) is 8.98. The highest BCUT2D eigenvalue weighted by Crippen LogP contribution is 2.25. The molecule has 1 fully saturated rings. The first-order valence-corrected chi connectivity index (χ1v) is 12.0. The van der Waals surface area contributed by atoms with Crippen LogP contribution >= 0.6 is 0 Å². The number of methoxy groups -OCH3 is 1. The summed E-state index contributed by atoms with van der Waals surface area (Å²) in [5.41, 5.74) is 1.70. The van der Waals surface area contributed by atoms with Gasteiger partial charge < -0.3 is 25.0 Å². The number of hydrogen-bond acceptors (Lipinski definition) is 5. The molecule has 182 valence electrons. The summed E-state index contributed by atoms with van der Waals surface area (Å²) in [6.07, 6.45) is 8.61. The Kier molecular flexibility index (Phi) is 8.91. The van der Waals surface area contributed by atoms with Gasteiger partial charge in [0.15, 0.2) is 0 Å². The van der Waals surface area contributed by atoms with Crippen LogP contribution < -0.4 is 16.2 Å². The zero-order valence-electron chi connectivity index (χ0n) is 19.4. The minimum atomic E-state index is -0.909. The summed E-state index contributed by atoms with van der Waals surface area (Å²) < 4.78 is 6.27. The van der Waals surface area contributed by atoms with Crippen LogP contribution in [-0.4, -0.2) is 47.3 Å². The molecule has 0 aliphatic heterocycles. The lowest BCUT2D eigenvalue weighted by Gasteiger charge is -2.29. The summed E-state index contributed by atoms with van der Waals surface area (Å²) in [7, 11) is 1.30. The predicted octanol–water partition coefficient (Wildman–Crippen LogP) is 2.63. The van der Waals surface area contributed by atoms with Gasteiger partial charge in [-0.05, 0) is 56.6 Å². The zero-order valence-corrected chi connectivity index (χ0v) is 19.4. The highest BCUT2D eigenvalue weighted by Gasteiger charge is 2.33. The number of amides is 2. The Balaban J connectivity index is 1.86. The molecule has 3 N–H and O–H groups in total. The van der Waals surface area contributed by atoms with Crippen molar-refractivity contribution >= 4 is 18.0 Å². The van der Waals surface area contributed by atoms with Crippen LogP contribution in [-0.2, 0) is 28.9 Å². The Hall–Kier alpha value is -2.84. The smallest absolute Gasteiger partial charge is 0.406 e. The maximum absolute atomic E-state index is 13.4. The van der Waals surface area contributed by atoms with Gasteiger partial charge in [-0.1, -0.05) is 25.7 Å². The first-order chi connectivity index (χ1) is 15.9. The number of rotatable bonds is 7. The van der Waals surface area contributed by atoms with Crippen molar-refractivity contribution in [2.24, 2.45) is 5.92 Å². The van der Waals surface area contributed by atoms with Gasteiger partial charge >= 0.3 is 12.1 Å². The van der Waals surface area contributed by atoms with Crippen LogP contribution in [0.1, 0.15) is 79.4 Å². The summed E-state index contributed by atoms with van der Waals surface area (Å²) >= 11 is 0. The summed E-state index contributed by atoms with van der Waals surface area (Å²) in [6, 6.07) is 1.25. The van der Waals surface area contributed by atoms with E-state index in [1.807, 2.05) is 0 Å². The number of nitrogens with zero attached hydrogens (tertiary/aromatic N) is 1. The molecule has 1 saturated carbocycles. The molecule has 1 heterocycles. The number of carboxylic acids is 1. The molecule has 2 unspecified atom stereocenters. The van der Waals surface area contributed by atoms with E-state index in [1.165, 1.54) is 7.11 Å². The lowest BCUT2D eigenvalue weighted by Crippen LogP contribution is -2.47. The van der Waals surface area contributed by atoms with Crippen molar-refractivity contribution in [2.75, 3.05) is 13.7 Å². The van der Waals surface area contributed by atoms with E-state index in [9.17, 15) is 24.3 Å². The molecule has 3 rings (SSSR count). The molecule has 1 aromatic rings. The van der Waals surface area contributed by atoms with Crippen LogP contribution in [0, 0.1) is 5.92 Å². The third kappa shape index (κ3) is 6.36. The first kappa shape index (κ1) is 24.8. The molecule has 0 spiro atoms. The van der Waals surface area contributed by atoms with Crippen LogP contribution in [0.3, 0.4) is 0 Å². The summed E-state index contributed by atoms with van der Waals surface area (Å²) in [5.74, 6) is -2.03. The van der Waals surface area contributed by atoms with Gasteiger partial charge in [0.25, 0.3) is 11.5 Å². The number of carbonyl (C=O) groups excluding carboxylic acids is 2. The summed E-state index contributed by atoms with van der Waals surface area (Å²) in [4.78, 5) is 49.5. The molecule has 33 heavy (non-hydrogen) atoms. The van der Waals surface area contributed by atoms with Crippen molar-refractivity contribution in [1.29, 1.82) is 0 Å². The number of hydrogen-bond donors (Lipinski definition) is 3. The molecule has 2 amide bonds. The molecule has 9 heteroatoms. The number of aryl methyl sites for hydroxylation is 1. The highest BCUT2D eigenvalue weighted by atomic mass is 16.5. The van der Waals surface area contributed by atoms with Crippen LogP contribution in [0.25, 0.3) is 0 Å². The summed E-state index contributed by atoms with van der Waals surface area (Å²) in [6.45, 7) is 0.736. The van der Waals surface area contributed by atoms with Crippen molar-refractivity contribution in [1.82, 2.24) is 15.2 Å². The Bertz CT molecular complexity index is 926. The maximum atomic E-state index is 13.4. The number of alkyl carbamates (subject to hydrolysis) is 1. The number of fused-ring (bicyclic) bond motifs is 1. The quantitative estimate of drug-likeness (QED) is 0.536. The van der Waals surface area contributed by atoms with E-state index in [1.54, 1.807) is 10.6 Å². The fourth-order valence-electron chi connectivity index (χ4n) is 4.98. The SMILES string of the molecule is COC(=O)NCCCn1c2c(cc(C(=O)NC3CCCCC3C(=O)O)c1=O)CCCCCC2. The van der Waals surface area contributed by atoms with E-state index in [0.717, 1.165) is 62.6 Å². The molecule has 2 aliphatic rings. The van der Waals surface area contributed by atoms with Crippen molar-refractivity contribution in [3.8, 4) is 0 Å². The number of nitrogens with one attached hydrogen (secondary N) is 2. The minimum Gasteiger partial charge on any atom is -0.481 e. The Morgan fingerprint density at radius 2 is 1.82 bits per heavy atom. The highest BCUT2D eigenvalue weighted by molar-refractivity contribution is 5.94. The molecule has 2 aliphatic carbocycles. The third-order valence-corrected chi connectivity index (χ3v) is 6.76. The fourth-order valence-corrected chi connectivity index (χ4v) is 4.98. The number of carboxylic acid groups (broad SMARTS) is 1. The van der Waals surface area contributed by atoms with Gasteiger partial charge in [-0.25, -0.2) is 4.79 Å². The van der Waals surface area contributed by atoms with Crippen molar-refractivity contribution in [3.63, 3.8) is 0 Å². The zero-order chi connectivity index (χ0) is 23.8. The predicted molar refractivity (Wildman–Crippen MR) is 122 cm³/mol. The Morgan fingerprint density at radius 3 is 2.55 bits per heavy atom. The second-order valence-corrected chi connectivity index (χ2v) is 8.98. The molecule has 2 atom stereocenters. The largest absolute Gasteiger partial charge is 0.481 e. The molecular formula is C24H35N3O6. The van der Waals surface area contributed by atoms with Gasteiger partial charge in [0.05, 0.1) is 13.0 Å². The molecule has 0 saturated heterocycles. The van der Waals surface area contributed by atoms with E-state index in [0.29, 0.717) is 32.4 Å². The van der Waals surface area contributed by atoms with Crippen LogP contribution in [0.5, 0.6) is 0 Å².